The Bertz CT molecular complexity index is 374. The van der Waals surface area contributed by atoms with Gasteiger partial charge in [0.25, 0.3) is 5.91 Å². The number of rotatable bonds is 4. The number of carbonyl (C=O) groups excluding carboxylic acids is 2. The van der Waals surface area contributed by atoms with E-state index in [1.807, 2.05) is 0 Å². The van der Waals surface area contributed by atoms with Gasteiger partial charge in [0.05, 0.1) is 0 Å². The monoisotopic (exact) mass is 207 g/mol. The van der Waals surface area contributed by atoms with Crippen LogP contribution in [0.4, 0.5) is 0 Å². The number of aldehydes is 1. The lowest BCUT2D eigenvalue weighted by atomic mass is 10.2. The van der Waals surface area contributed by atoms with Gasteiger partial charge in [-0.2, -0.15) is 0 Å². The lowest BCUT2D eigenvalue weighted by Gasteiger charge is -2.07. The Morgan fingerprint density at radius 3 is 2.33 bits per heavy atom. The van der Waals surface area contributed by atoms with E-state index in [9.17, 15) is 14.4 Å². The molecule has 0 aromatic heterocycles. The Morgan fingerprint density at radius 1 is 1.27 bits per heavy atom. The zero-order valence-electron chi connectivity index (χ0n) is 7.71. The highest BCUT2D eigenvalue weighted by Gasteiger charge is 2.19. The maximum atomic E-state index is 11.4. The molecule has 5 heteroatoms. The molecule has 1 rings (SSSR count). The van der Waals surface area contributed by atoms with Crippen molar-refractivity contribution in [2.45, 2.75) is 6.04 Å². The molecule has 0 spiro atoms. The lowest BCUT2D eigenvalue weighted by molar-refractivity contribution is -0.140. The number of hydrogen-bond donors (Lipinski definition) is 2. The fraction of sp³-hybridized carbons (Fsp3) is 0.100. The van der Waals surface area contributed by atoms with Crippen molar-refractivity contribution in [3.63, 3.8) is 0 Å². The molecule has 1 amide bonds. The molecule has 1 unspecified atom stereocenters. The van der Waals surface area contributed by atoms with Crippen molar-refractivity contribution in [3.05, 3.63) is 35.9 Å². The van der Waals surface area contributed by atoms with Gasteiger partial charge in [0.1, 0.15) is 0 Å². The molecule has 0 saturated heterocycles. The third-order valence-electron chi connectivity index (χ3n) is 1.72. The highest BCUT2D eigenvalue weighted by molar-refractivity contribution is 6.01. The predicted molar refractivity (Wildman–Crippen MR) is 51.4 cm³/mol. The van der Waals surface area contributed by atoms with Gasteiger partial charge in [0, 0.05) is 5.56 Å². The average molecular weight is 207 g/mol. The summed E-state index contributed by atoms with van der Waals surface area (Å²) in [6.07, 6.45) is 0.170. The van der Waals surface area contributed by atoms with Crippen molar-refractivity contribution in [3.8, 4) is 0 Å². The summed E-state index contributed by atoms with van der Waals surface area (Å²) >= 11 is 0. The quantitative estimate of drug-likeness (QED) is 0.540. The van der Waals surface area contributed by atoms with Gasteiger partial charge in [0.2, 0.25) is 0 Å². The van der Waals surface area contributed by atoms with Gasteiger partial charge in [0.15, 0.2) is 12.3 Å². The summed E-state index contributed by atoms with van der Waals surface area (Å²) in [5.74, 6) is -1.97. The standard InChI is InChI=1S/C10H9NO4/c12-6-8(10(14)15)11-9(13)7-4-2-1-3-5-7/h1-6,8H,(H,11,13)(H,14,15). The third kappa shape index (κ3) is 2.91. The van der Waals surface area contributed by atoms with Gasteiger partial charge in [-0.15, -0.1) is 0 Å². The van der Waals surface area contributed by atoms with Crippen molar-refractivity contribution in [2.24, 2.45) is 0 Å². The number of carboxylic acids is 1. The summed E-state index contributed by atoms with van der Waals surface area (Å²) < 4.78 is 0. The van der Waals surface area contributed by atoms with E-state index in [0.29, 0.717) is 5.56 Å². The van der Waals surface area contributed by atoms with Gasteiger partial charge in [-0.05, 0) is 12.1 Å². The molecule has 0 aliphatic heterocycles. The summed E-state index contributed by atoms with van der Waals surface area (Å²) in [6.45, 7) is 0. The maximum Gasteiger partial charge on any atom is 0.333 e. The van der Waals surface area contributed by atoms with Crippen LogP contribution in [0.5, 0.6) is 0 Å². The molecule has 0 radical (unpaired) electrons. The normalized spacial score (nSPS) is 11.5. The fourth-order valence-electron chi connectivity index (χ4n) is 0.968. The third-order valence-corrected chi connectivity index (χ3v) is 1.72. The van der Waals surface area contributed by atoms with Crippen molar-refractivity contribution >= 4 is 18.2 Å². The average Bonchev–Trinajstić information content (AvgIpc) is 2.26. The highest BCUT2D eigenvalue weighted by Crippen LogP contribution is 1.98. The first kappa shape index (κ1) is 10.9. The van der Waals surface area contributed by atoms with Crippen molar-refractivity contribution < 1.29 is 19.5 Å². The van der Waals surface area contributed by atoms with Crippen LogP contribution in [0.2, 0.25) is 0 Å². The SMILES string of the molecule is O=CC(NC(=O)c1ccccc1)C(=O)O. The number of amides is 1. The van der Waals surface area contributed by atoms with E-state index in [1.54, 1.807) is 18.2 Å². The molecule has 0 saturated carbocycles. The minimum atomic E-state index is -1.50. The van der Waals surface area contributed by atoms with Gasteiger partial charge in [-0.3, -0.25) is 4.79 Å². The highest BCUT2D eigenvalue weighted by atomic mass is 16.4. The van der Waals surface area contributed by atoms with E-state index in [4.69, 9.17) is 5.11 Å². The second kappa shape index (κ2) is 4.90. The number of carbonyl (C=O) groups is 3. The zero-order valence-corrected chi connectivity index (χ0v) is 7.71. The molecule has 0 aliphatic carbocycles. The van der Waals surface area contributed by atoms with Gasteiger partial charge >= 0.3 is 5.97 Å². The first-order chi connectivity index (χ1) is 7.15. The van der Waals surface area contributed by atoms with Crippen molar-refractivity contribution in [2.75, 3.05) is 0 Å². The summed E-state index contributed by atoms with van der Waals surface area (Å²) in [4.78, 5) is 32.2. The van der Waals surface area contributed by atoms with Crippen LogP contribution >= 0.6 is 0 Å². The van der Waals surface area contributed by atoms with Crippen LogP contribution in [0.1, 0.15) is 10.4 Å². The molecule has 0 fully saturated rings. The summed E-state index contributed by atoms with van der Waals surface area (Å²) in [6, 6.07) is 6.57. The van der Waals surface area contributed by atoms with Crippen LogP contribution in [0.3, 0.4) is 0 Å². The van der Waals surface area contributed by atoms with Crippen LogP contribution in [0.15, 0.2) is 30.3 Å². The Morgan fingerprint density at radius 2 is 1.87 bits per heavy atom. The zero-order chi connectivity index (χ0) is 11.3. The van der Waals surface area contributed by atoms with Crippen molar-refractivity contribution in [1.82, 2.24) is 5.32 Å². The minimum Gasteiger partial charge on any atom is -0.479 e. The van der Waals surface area contributed by atoms with Crippen LogP contribution < -0.4 is 5.32 Å². The topological polar surface area (TPSA) is 83.5 Å². The molecule has 1 atom stereocenters. The van der Waals surface area contributed by atoms with Gasteiger partial charge in [-0.25, -0.2) is 4.79 Å². The Hall–Kier alpha value is -2.17. The Balaban J connectivity index is 2.71. The number of benzene rings is 1. The predicted octanol–water partition coefficient (Wildman–Crippen LogP) is 0.0685. The second-order valence-electron chi connectivity index (χ2n) is 2.79. The first-order valence-electron chi connectivity index (χ1n) is 4.19. The summed E-state index contributed by atoms with van der Waals surface area (Å²) in [5, 5.41) is 10.6. The second-order valence-corrected chi connectivity index (χ2v) is 2.79. The molecular weight excluding hydrogens is 198 g/mol. The minimum absolute atomic E-state index is 0.170. The maximum absolute atomic E-state index is 11.4. The molecule has 2 N–H and O–H groups in total. The fourth-order valence-corrected chi connectivity index (χ4v) is 0.968. The van der Waals surface area contributed by atoms with E-state index in [0.717, 1.165) is 0 Å². The van der Waals surface area contributed by atoms with Crippen LogP contribution in [0, 0.1) is 0 Å². The van der Waals surface area contributed by atoms with Gasteiger partial charge in [-0.1, -0.05) is 18.2 Å². The molecule has 0 aliphatic rings. The number of nitrogens with one attached hydrogen (secondary N) is 1. The molecule has 0 heterocycles. The van der Waals surface area contributed by atoms with Gasteiger partial charge < -0.3 is 15.2 Å². The van der Waals surface area contributed by atoms with E-state index in [1.165, 1.54) is 12.1 Å². The van der Waals surface area contributed by atoms with Crippen molar-refractivity contribution in [1.29, 1.82) is 0 Å². The molecule has 1 aromatic carbocycles. The number of hydrogen-bond acceptors (Lipinski definition) is 3. The lowest BCUT2D eigenvalue weighted by Crippen LogP contribution is -2.41. The first-order valence-corrected chi connectivity index (χ1v) is 4.19. The molecule has 0 bridgehead atoms. The molecule has 78 valence electrons. The van der Waals surface area contributed by atoms with Crippen LogP contribution in [-0.4, -0.2) is 29.3 Å². The van der Waals surface area contributed by atoms with E-state index in [2.05, 4.69) is 5.32 Å². The number of aliphatic carboxylic acids is 1. The smallest absolute Gasteiger partial charge is 0.333 e. The van der Waals surface area contributed by atoms with Crippen LogP contribution in [0.25, 0.3) is 0 Å². The van der Waals surface area contributed by atoms with Crippen LogP contribution in [-0.2, 0) is 9.59 Å². The Kier molecular flexibility index (Phi) is 3.56. The Labute approximate surface area is 85.7 Å². The molecular formula is C10H9NO4. The summed E-state index contributed by atoms with van der Waals surface area (Å²) in [7, 11) is 0. The molecule has 1 aromatic rings. The van der Waals surface area contributed by atoms with E-state index < -0.39 is 17.9 Å². The number of carboxylic acid groups (broad SMARTS) is 1. The van der Waals surface area contributed by atoms with E-state index in [-0.39, 0.29) is 6.29 Å². The molecule has 15 heavy (non-hydrogen) atoms. The molecule has 5 nitrogen and oxygen atoms in total. The summed E-state index contributed by atoms with van der Waals surface area (Å²) in [5.41, 5.74) is 0.311. The largest absolute Gasteiger partial charge is 0.479 e. The van der Waals surface area contributed by atoms with E-state index >= 15 is 0 Å².